The van der Waals surface area contributed by atoms with E-state index >= 15 is 0 Å². The summed E-state index contributed by atoms with van der Waals surface area (Å²) < 4.78 is 0. The maximum absolute atomic E-state index is 12.1. The van der Waals surface area contributed by atoms with E-state index in [1.165, 1.54) is 37.0 Å². The van der Waals surface area contributed by atoms with Gasteiger partial charge >= 0.3 is 0 Å². The lowest BCUT2D eigenvalue weighted by Gasteiger charge is -2.31. The molecule has 1 saturated carbocycles. The minimum Gasteiger partial charge on any atom is -0.357 e. The SMILES string of the molecule is CCNC(=NCCNC(=O)c1scnc1C)N(C)CC1CCC(C)CC1. The first-order chi connectivity index (χ1) is 12.5. The molecule has 2 rings (SSSR count). The van der Waals surface area contributed by atoms with Gasteiger partial charge in [-0.05, 0) is 38.5 Å². The molecule has 1 heterocycles. The van der Waals surface area contributed by atoms with Gasteiger partial charge in [0.05, 0.1) is 17.7 Å². The fourth-order valence-corrected chi connectivity index (χ4v) is 4.11. The Balaban J connectivity index is 1.79. The average molecular weight is 380 g/mol. The normalized spacial score (nSPS) is 20.7. The van der Waals surface area contributed by atoms with Crippen LogP contribution < -0.4 is 10.6 Å². The van der Waals surface area contributed by atoms with Crippen LogP contribution in [0.25, 0.3) is 0 Å². The van der Waals surface area contributed by atoms with Crippen molar-refractivity contribution in [3.05, 3.63) is 16.1 Å². The zero-order chi connectivity index (χ0) is 18.9. The molecule has 26 heavy (non-hydrogen) atoms. The quantitative estimate of drug-likeness (QED) is 0.434. The Labute approximate surface area is 161 Å². The molecular formula is C19H33N5OS. The summed E-state index contributed by atoms with van der Waals surface area (Å²) in [5, 5.41) is 6.29. The van der Waals surface area contributed by atoms with E-state index in [1.807, 2.05) is 6.92 Å². The molecule has 0 bridgehead atoms. The van der Waals surface area contributed by atoms with Crippen LogP contribution in [0.15, 0.2) is 10.5 Å². The first-order valence-corrected chi connectivity index (χ1v) is 10.6. The van der Waals surface area contributed by atoms with Gasteiger partial charge in [0.15, 0.2) is 5.96 Å². The molecule has 1 aliphatic rings. The van der Waals surface area contributed by atoms with Crippen molar-refractivity contribution >= 4 is 23.2 Å². The largest absolute Gasteiger partial charge is 0.357 e. The third-order valence-electron chi connectivity index (χ3n) is 4.97. The van der Waals surface area contributed by atoms with Crippen molar-refractivity contribution in [1.82, 2.24) is 20.5 Å². The van der Waals surface area contributed by atoms with Crippen LogP contribution in [0, 0.1) is 18.8 Å². The molecule has 2 N–H and O–H groups in total. The van der Waals surface area contributed by atoms with Crippen molar-refractivity contribution in [1.29, 1.82) is 0 Å². The number of amides is 1. The molecule has 0 unspecified atom stereocenters. The van der Waals surface area contributed by atoms with Crippen molar-refractivity contribution in [2.45, 2.75) is 46.5 Å². The summed E-state index contributed by atoms with van der Waals surface area (Å²) in [6.07, 6.45) is 5.31. The first-order valence-electron chi connectivity index (χ1n) is 9.69. The van der Waals surface area contributed by atoms with Crippen LogP contribution in [0.5, 0.6) is 0 Å². The van der Waals surface area contributed by atoms with E-state index in [2.05, 4.69) is 46.4 Å². The minimum atomic E-state index is -0.0603. The van der Waals surface area contributed by atoms with Crippen LogP contribution in [0.1, 0.15) is 54.9 Å². The second-order valence-corrected chi connectivity index (χ2v) is 8.12. The summed E-state index contributed by atoms with van der Waals surface area (Å²) in [7, 11) is 2.11. The Kier molecular flexibility index (Phi) is 8.35. The number of guanidine groups is 1. The molecule has 1 fully saturated rings. The Morgan fingerprint density at radius 3 is 2.69 bits per heavy atom. The van der Waals surface area contributed by atoms with Gasteiger partial charge in [-0.25, -0.2) is 4.98 Å². The summed E-state index contributed by atoms with van der Waals surface area (Å²) in [5.41, 5.74) is 2.48. The van der Waals surface area contributed by atoms with Crippen LogP contribution in [0.2, 0.25) is 0 Å². The van der Waals surface area contributed by atoms with Crippen molar-refractivity contribution in [2.24, 2.45) is 16.8 Å². The second kappa shape index (κ2) is 10.5. The van der Waals surface area contributed by atoms with Crippen LogP contribution in [-0.4, -0.2) is 55.0 Å². The fraction of sp³-hybridized carbons (Fsp3) is 0.737. The van der Waals surface area contributed by atoms with Crippen molar-refractivity contribution < 1.29 is 4.79 Å². The van der Waals surface area contributed by atoms with E-state index in [4.69, 9.17) is 0 Å². The highest BCUT2D eigenvalue weighted by atomic mass is 32.1. The van der Waals surface area contributed by atoms with Gasteiger partial charge in [-0.15, -0.1) is 11.3 Å². The topological polar surface area (TPSA) is 69.6 Å². The number of aliphatic imine (C=N–C) groups is 1. The monoisotopic (exact) mass is 379 g/mol. The number of nitrogens with one attached hydrogen (secondary N) is 2. The lowest BCUT2D eigenvalue weighted by atomic mass is 9.83. The zero-order valence-electron chi connectivity index (χ0n) is 16.5. The van der Waals surface area contributed by atoms with Crippen molar-refractivity contribution in [3.63, 3.8) is 0 Å². The highest BCUT2D eigenvalue weighted by Crippen LogP contribution is 2.28. The van der Waals surface area contributed by atoms with E-state index < -0.39 is 0 Å². The van der Waals surface area contributed by atoms with Crippen molar-refractivity contribution in [2.75, 3.05) is 33.2 Å². The molecule has 0 aromatic carbocycles. The van der Waals surface area contributed by atoms with Gasteiger partial charge in [-0.1, -0.05) is 19.8 Å². The van der Waals surface area contributed by atoms with Crippen LogP contribution in [0.4, 0.5) is 0 Å². The molecule has 0 atom stereocenters. The first kappa shape index (κ1) is 20.7. The van der Waals surface area contributed by atoms with Gasteiger partial charge in [0.25, 0.3) is 5.91 Å². The summed E-state index contributed by atoms with van der Waals surface area (Å²) in [4.78, 5) is 23.8. The third kappa shape index (κ3) is 6.27. The predicted octanol–water partition coefficient (Wildman–Crippen LogP) is 2.90. The van der Waals surface area contributed by atoms with Crippen LogP contribution in [0.3, 0.4) is 0 Å². The molecule has 0 spiro atoms. The molecule has 1 aromatic rings. The molecule has 0 saturated heterocycles. The molecule has 7 heteroatoms. The summed E-state index contributed by atoms with van der Waals surface area (Å²) in [6, 6.07) is 0. The Morgan fingerprint density at radius 1 is 1.35 bits per heavy atom. The van der Waals surface area contributed by atoms with E-state index in [0.29, 0.717) is 18.0 Å². The van der Waals surface area contributed by atoms with E-state index in [9.17, 15) is 4.79 Å². The number of rotatable bonds is 7. The maximum Gasteiger partial charge on any atom is 0.263 e. The molecule has 0 radical (unpaired) electrons. The standard InChI is InChI=1S/C19H33N5OS/c1-5-20-19(24(4)12-16-8-6-14(2)7-9-16)22-11-10-21-18(25)17-15(3)23-13-26-17/h13-14,16H,5-12H2,1-4H3,(H,20,22)(H,21,25). The van der Waals surface area contributed by atoms with Gasteiger partial charge in [-0.3, -0.25) is 9.79 Å². The van der Waals surface area contributed by atoms with Crippen LogP contribution in [-0.2, 0) is 0 Å². The molecule has 1 amide bonds. The molecule has 1 aromatic heterocycles. The maximum atomic E-state index is 12.1. The Bertz CT molecular complexity index is 593. The van der Waals surface area contributed by atoms with Crippen molar-refractivity contribution in [3.8, 4) is 0 Å². The Hall–Kier alpha value is -1.63. The number of aromatic nitrogens is 1. The van der Waals surface area contributed by atoms with Gasteiger partial charge < -0.3 is 15.5 Å². The number of hydrogen-bond acceptors (Lipinski definition) is 4. The summed E-state index contributed by atoms with van der Waals surface area (Å²) in [5.74, 6) is 2.50. The molecule has 146 valence electrons. The lowest BCUT2D eigenvalue weighted by Crippen LogP contribution is -2.42. The van der Waals surface area contributed by atoms with E-state index in [0.717, 1.165) is 36.6 Å². The smallest absolute Gasteiger partial charge is 0.263 e. The van der Waals surface area contributed by atoms with Crippen LogP contribution >= 0.6 is 11.3 Å². The zero-order valence-corrected chi connectivity index (χ0v) is 17.4. The molecule has 6 nitrogen and oxygen atoms in total. The van der Waals surface area contributed by atoms with E-state index in [1.54, 1.807) is 5.51 Å². The fourth-order valence-electron chi connectivity index (χ4n) is 3.39. The number of aryl methyl sites for hydroxylation is 1. The highest BCUT2D eigenvalue weighted by molar-refractivity contribution is 7.11. The second-order valence-electron chi connectivity index (χ2n) is 7.26. The summed E-state index contributed by atoms with van der Waals surface area (Å²) in [6.45, 7) is 9.28. The van der Waals surface area contributed by atoms with Gasteiger partial charge in [0, 0.05) is 26.7 Å². The molecular weight excluding hydrogens is 346 g/mol. The Morgan fingerprint density at radius 2 is 2.08 bits per heavy atom. The molecule has 0 aliphatic heterocycles. The number of thiazole rings is 1. The average Bonchev–Trinajstić information content (AvgIpc) is 3.05. The van der Waals surface area contributed by atoms with Gasteiger partial charge in [-0.2, -0.15) is 0 Å². The summed E-state index contributed by atoms with van der Waals surface area (Å²) >= 11 is 1.37. The predicted molar refractivity (Wildman–Crippen MR) is 109 cm³/mol. The number of nitrogens with zero attached hydrogens (tertiary/aromatic N) is 3. The number of carbonyl (C=O) groups excluding carboxylic acids is 1. The van der Waals surface area contributed by atoms with E-state index in [-0.39, 0.29) is 5.91 Å². The third-order valence-corrected chi connectivity index (χ3v) is 5.90. The number of hydrogen-bond donors (Lipinski definition) is 2. The highest BCUT2D eigenvalue weighted by Gasteiger charge is 2.20. The lowest BCUT2D eigenvalue weighted by molar-refractivity contribution is 0.0958. The minimum absolute atomic E-state index is 0.0603. The molecule has 1 aliphatic carbocycles. The van der Waals surface area contributed by atoms with Gasteiger partial charge in [0.1, 0.15) is 4.88 Å². The van der Waals surface area contributed by atoms with Gasteiger partial charge in [0.2, 0.25) is 0 Å². The number of carbonyl (C=O) groups is 1.